The minimum Gasteiger partial charge on any atom is -0.396 e. The van der Waals surface area contributed by atoms with Gasteiger partial charge in [-0.05, 0) is 19.8 Å². The number of aliphatic hydroxyl groups is 1. The van der Waals surface area contributed by atoms with Crippen LogP contribution in [0.2, 0.25) is 0 Å². The number of carbonyl (C=O) groups excluding carboxylic acids is 1. The maximum absolute atomic E-state index is 12.0. The number of nitrogens with two attached hydrogens (primary N) is 1. The summed E-state index contributed by atoms with van der Waals surface area (Å²) in [4.78, 5) is 18.7. The molecule has 1 aromatic heterocycles. The zero-order valence-corrected chi connectivity index (χ0v) is 12.5. The number of nitrogens with one attached hydrogen (secondary N) is 1. The van der Waals surface area contributed by atoms with E-state index in [-0.39, 0.29) is 24.4 Å². The number of hydrogen-bond acceptors (Lipinski definition) is 6. The van der Waals surface area contributed by atoms with Crippen molar-refractivity contribution in [2.45, 2.75) is 32.7 Å². The molecule has 1 atom stereocenters. The quantitative estimate of drug-likeness (QED) is 0.697. The lowest BCUT2D eigenvalue weighted by Gasteiger charge is -2.13. The van der Waals surface area contributed by atoms with E-state index >= 15 is 0 Å². The third-order valence-corrected chi connectivity index (χ3v) is 3.86. The van der Waals surface area contributed by atoms with Crippen molar-refractivity contribution in [1.82, 2.24) is 10.3 Å². The van der Waals surface area contributed by atoms with Crippen LogP contribution in [0.3, 0.4) is 0 Å². The molecule has 0 aliphatic carbocycles. The third kappa shape index (κ3) is 4.36. The summed E-state index contributed by atoms with van der Waals surface area (Å²) in [7, 11) is 1.93. The molecule has 19 heavy (non-hydrogen) atoms. The molecule has 1 rings (SSSR count). The Labute approximate surface area is 117 Å². The summed E-state index contributed by atoms with van der Waals surface area (Å²) >= 11 is 1.29. The Morgan fingerprint density at radius 3 is 2.89 bits per heavy atom. The van der Waals surface area contributed by atoms with Crippen molar-refractivity contribution in [2.75, 3.05) is 30.8 Å². The first-order valence-corrected chi connectivity index (χ1v) is 7.20. The van der Waals surface area contributed by atoms with Gasteiger partial charge in [0.25, 0.3) is 5.91 Å². The topological polar surface area (TPSA) is 91.5 Å². The highest BCUT2D eigenvalue weighted by Crippen LogP contribution is 2.27. The highest BCUT2D eigenvalue weighted by Gasteiger charge is 2.19. The molecule has 6 nitrogen and oxygen atoms in total. The predicted octanol–water partition coefficient (Wildman–Crippen LogP) is 1.07. The van der Waals surface area contributed by atoms with Gasteiger partial charge in [0.15, 0.2) is 5.13 Å². The number of amides is 1. The van der Waals surface area contributed by atoms with Crippen molar-refractivity contribution in [2.24, 2.45) is 0 Å². The summed E-state index contributed by atoms with van der Waals surface area (Å²) in [6, 6.07) is -0.0872. The average molecular weight is 286 g/mol. The summed E-state index contributed by atoms with van der Waals surface area (Å²) in [6.07, 6.45) is 1.53. The smallest absolute Gasteiger partial charge is 0.265 e. The van der Waals surface area contributed by atoms with Crippen molar-refractivity contribution >= 4 is 28.2 Å². The molecule has 1 unspecified atom stereocenters. The van der Waals surface area contributed by atoms with Crippen LogP contribution < -0.4 is 16.0 Å². The van der Waals surface area contributed by atoms with Gasteiger partial charge in [0.05, 0.1) is 0 Å². The number of aliphatic hydroxyl groups excluding tert-OH is 1. The molecule has 0 saturated heterocycles. The number of hydrogen-bond donors (Lipinski definition) is 3. The Morgan fingerprint density at radius 2 is 2.32 bits per heavy atom. The Hall–Kier alpha value is -1.34. The average Bonchev–Trinajstić information content (AvgIpc) is 2.72. The minimum absolute atomic E-state index is 0.0457. The van der Waals surface area contributed by atoms with Gasteiger partial charge < -0.3 is 21.1 Å². The number of anilines is 2. The van der Waals surface area contributed by atoms with Crippen LogP contribution in [0.25, 0.3) is 0 Å². The molecule has 1 aromatic rings. The maximum atomic E-state index is 12.0. The first kappa shape index (κ1) is 15.7. The lowest BCUT2D eigenvalue weighted by Crippen LogP contribution is -2.33. The number of thiazole rings is 1. The van der Waals surface area contributed by atoms with Gasteiger partial charge in [-0.25, -0.2) is 4.98 Å². The molecule has 108 valence electrons. The van der Waals surface area contributed by atoms with E-state index in [2.05, 4.69) is 17.2 Å². The van der Waals surface area contributed by atoms with Gasteiger partial charge in [-0.2, -0.15) is 0 Å². The largest absolute Gasteiger partial charge is 0.396 e. The molecule has 4 N–H and O–H groups in total. The van der Waals surface area contributed by atoms with Crippen LogP contribution in [0, 0.1) is 0 Å². The molecule has 0 aromatic carbocycles. The van der Waals surface area contributed by atoms with E-state index in [1.165, 1.54) is 11.3 Å². The normalized spacial score (nSPS) is 12.2. The van der Waals surface area contributed by atoms with Crippen LogP contribution in [0.15, 0.2) is 0 Å². The van der Waals surface area contributed by atoms with Gasteiger partial charge in [-0.3, -0.25) is 4.79 Å². The molecular weight excluding hydrogens is 264 g/mol. The summed E-state index contributed by atoms with van der Waals surface area (Å²) in [5, 5.41) is 12.4. The van der Waals surface area contributed by atoms with E-state index < -0.39 is 0 Å². The number of nitrogen functional groups attached to an aromatic ring is 1. The second-order valence-corrected chi connectivity index (χ2v) is 5.50. The van der Waals surface area contributed by atoms with Crippen molar-refractivity contribution in [3.05, 3.63) is 4.88 Å². The monoisotopic (exact) mass is 286 g/mol. The second-order valence-electron chi connectivity index (χ2n) is 4.52. The zero-order valence-electron chi connectivity index (χ0n) is 11.6. The maximum Gasteiger partial charge on any atom is 0.265 e. The Bertz CT molecular complexity index is 422. The summed E-state index contributed by atoms with van der Waals surface area (Å²) in [5.41, 5.74) is 5.79. The Balaban J connectivity index is 2.75. The SMILES string of the molecule is CCCN(C)c1nc(N)c(C(=O)NC(C)CCO)s1. The van der Waals surface area contributed by atoms with Gasteiger partial charge in [0, 0.05) is 26.2 Å². The summed E-state index contributed by atoms with van der Waals surface area (Å²) in [6.45, 7) is 4.84. The molecule has 1 amide bonds. The van der Waals surface area contributed by atoms with Crippen LogP contribution in [-0.2, 0) is 0 Å². The van der Waals surface area contributed by atoms with E-state index in [4.69, 9.17) is 10.8 Å². The number of nitrogens with zero attached hydrogens (tertiary/aromatic N) is 2. The van der Waals surface area contributed by atoms with Gasteiger partial charge in [0.2, 0.25) is 0 Å². The molecular formula is C12H22N4O2S. The molecule has 0 aliphatic heterocycles. The van der Waals surface area contributed by atoms with Gasteiger partial charge in [-0.15, -0.1) is 0 Å². The van der Waals surface area contributed by atoms with Crippen molar-refractivity contribution in [1.29, 1.82) is 0 Å². The van der Waals surface area contributed by atoms with E-state index in [0.717, 1.165) is 18.1 Å². The molecule has 0 fully saturated rings. The fraction of sp³-hybridized carbons (Fsp3) is 0.667. The predicted molar refractivity (Wildman–Crippen MR) is 78.7 cm³/mol. The van der Waals surface area contributed by atoms with Gasteiger partial charge >= 0.3 is 0 Å². The van der Waals surface area contributed by atoms with Crippen molar-refractivity contribution in [3.8, 4) is 0 Å². The molecule has 0 radical (unpaired) electrons. The van der Waals surface area contributed by atoms with E-state index in [1.807, 2.05) is 18.9 Å². The van der Waals surface area contributed by atoms with Crippen LogP contribution in [0.5, 0.6) is 0 Å². The highest BCUT2D eigenvalue weighted by molar-refractivity contribution is 7.18. The first-order valence-electron chi connectivity index (χ1n) is 6.38. The fourth-order valence-electron chi connectivity index (χ4n) is 1.63. The lowest BCUT2D eigenvalue weighted by molar-refractivity contribution is 0.0939. The van der Waals surface area contributed by atoms with Crippen LogP contribution in [0.1, 0.15) is 36.4 Å². The number of rotatable bonds is 7. The van der Waals surface area contributed by atoms with E-state index in [1.54, 1.807) is 0 Å². The molecule has 7 heteroatoms. The van der Waals surface area contributed by atoms with Crippen molar-refractivity contribution < 1.29 is 9.90 Å². The standard InChI is InChI=1S/C12H22N4O2S/c1-4-6-16(3)12-15-10(13)9(19-12)11(18)14-8(2)5-7-17/h8,17H,4-7,13H2,1-3H3,(H,14,18). The summed E-state index contributed by atoms with van der Waals surface area (Å²) in [5.74, 6) is 0.0313. The Kier molecular flexibility index (Phi) is 6.04. The third-order valence-electron chi connectivity index (χ3n) is 2.67. The number of carbonyl (C=O) groups is 1. The van der Waals surface area contributed by atoms with E-state index in [9.17, 15) is 4.79 Å². The fourth-order valence-corrected chi connectivity index (χ4v) is 2.51. The van der Waals surface area contributed by atoms with Gasteiger partial charge in [0.1, 0.15) is 10.7 Å². The lowest BCUT2D eigenvalue weighted by atomic mass is 10.2. The number of aromatic nitrogens is 1. The molecule has 0 spiro atoms. The van der Waals surface area contributed by atoms with Crippen LogP contribution in [-0.4, -0.2) is 42.2 Å². The molecule has 1 heterocycles. The first-order chi connectivity index (χ1) is 8.99. The summed E-state index contributed by atoms with van der Waals surface area (Å²) < 4.78 is 0. The van der Waals surface area contributed by atoms with Crippen molar-refractivity contribution in [3.63, 3.8) is 0 Å². The minimum atomic E-state index is -0.230. The molecule has 0 aliphatic rings. The highest BCUT2D eigenvalue weighted by atomic mass is 32.1. The zero-order chi connectivity index (χ0) is 14.4. The van der Waals surface area contributed by atoms with Crippen LogP contribution in [0.4, 0.5) is 10.9 Å². The van der Waals surface area contributed by atoms with Gasteiger partial charge in [-0.1, -0.05) is 18.3 Å². The molecule has 0 saturated carbocycles. The second kappa shape index (κ2) is 7.30. The van der Waals surface area contributed by atoms with E-state index in [0.29, 0.717) is 11.3 Å². The van der Waals surface area contributed by atoms with Crippen LogP contribution >= 0.6 is 11.3 Å². The Morgan fingerprint density at radius 1 is 1.63 bits per heavy atom. The molecule has 0 bridgehead atoms.